The fraction of sp³-hybridized carbons (Fsp3) is 0.333. The van der Waals surface area contributed by atoms with Crippen molar-refractivity contribution >= 4 is 22.9 Å². The first-order valence-electron chi connectivity index (χ1n) is 2.81. The maximum atomic E-state index is 8.54. The van der Waals surface area contributed by atoms with Crippen LogP contribution in [0.1, 0.15) is 11.1 Å². The van der Waals surface area contributed by atoms with Gasteiger partial charge in [-0.1, -0.05) is 11.6 Å². The average Bonchev–Trinajstić information content (AvgIpc) is 2.39. The highest BCUT2D eigenvalue weighted by atomic mass is 35.5. The van der Waals surface area contributed by atoms with Crippen molar-refractivity contribution in [3.05, 3.63) is 15.5 Å². The van der Waals surface area contributed by atoms with E-state index in [0.29, 0.717) is 9.34 Å². The van der Waals surface area contributed by atoms with E-state index in [1.807, 2.05) is 6.07 Å². The third-order valence-electron chi connectivity index (χ3n) is 1.07. The highest BCUT2D eigenvalue weighted by Crippen LogP contribution is 2.24. The molecule has 11 heavy (non-hydrogen) atoms. The lowest BCUT2D eigenvalue weighted by atomic mass is 10.4. The molecule has 5 heteroatoms. The van der Waals surface area contributed by atoms with Gasteiger partial charge in [0.1, 0.15) is 15.4 Å². The Hall–Kier alpha value is -0.630. The molecule has 0 saturated heterocycles. The number of ether oxygens (including phenoxy) is 1. The van der Waals surface area contributed by atoms with Crippen LogP contribution in [0.4, 0.5) is 0 Å². The van der Waals surface area contributed by atoms with E-state index in [9.17, 15) is 0 Å². The van der Waals surface area contributed by atoms with Crippen LogP contribution in [0.2, 0.25) is 4.34 Å². The zero-order valence-electron chi connectivity index (χ0n) is 5.74. The van der Waals surface area contributed by atoms with Crippen LogP contribution >= 0.6 is 22.9 Å². The van der Waals surface area contributed by atoms with Crippen molar-refractivity contribution < 1.29 is 4.74 Å². The molecule has 1 rings (SSSR count). The van der Waals surface area contributed by atoms with Gasteiger partial charge in [-0.3, -0.25) is 0 Å². The first-order chi connectivity index (χ1) is 5.27. The van der Waals surface area contributed by atoms with Crippen molar-refractivity contribution in [2.45, 2.75) is 6.10 Å². The van der Waals surface area contributed by atoms with Crippen molar-refractivity contribution in [3.8, 4) is 6.07 Å². The van der Waals surface area contributed by atoms with Crippen LogP contribution in [0.25, 0.3) is 0 Å². The van der Waals surface area contributed by atoms with Crippen LogP contribution in [0.5, 0.6) is 0 Å². The van der Waals surface area contributed by atoms with Crippen molar-refractivity contribution in [2.24, 2.45) is 0 Å². The van der Waals surface area contributed by atoms with Crippen molar-refractivity contribution in [2.75, 3.05) is 7.11 Å². The molecule has 1 aromatic rings. The molecule has 0 radical (unpaired) electrons. The summed E-state index contributed by atoms with van der Waals surface area (Å²) in [6.07, 6.45) is 0.915. The van der Waals surface area contributed by atoms with E-state index in [1.54, 1.807) is 0 Å². The van der Waals surface area contributed by atoms with Gasteiger partial charge in [0.2, 0.25) is 0 Å². The summed E-state index contributed by atoms with van der Waals surface area (Å²) in [5.41, 5.74) is 0. The first-order valence-corrected chi connectivity index (χ1v) is 4.01. The Morgan fingerprint density at radius 1 is 1.91 bits per heavy atom. The van der Waals surface area contributed by atoms with Crippen LogP contribution in [-0.2, 0) is 4.74 Å². The molecule has 1 unspecified atom stereocenters. The Balaban J connectivity index is 2.84. The minimum atomic E-state index is -0.590. The molecule has 1 atom stereocenters. The summed E-state index contributed by atoms with van der Waals surface area (Å²) in [4.78, 5) is 3.90. The van der Waals surface area contributed by atoms with Gasteiger partial charge in [0, 0.05) is 7.11 Å². The van der Waals surface area contributed by atoms with Crippen LogP contribution in [0.3, 0.4) is 0 Å². The van der Waals surface area contributed by atoms with Crippen LogP contribution in [-0.4, -0.2) is 12.1 Å². The number of hydrogen-bond donors (Lipinski definition) is 0. The van der Waals surface area contributed by atoms with E-state index in [-0.39, 0.29) is 0 Å². The van der Waals surface area contributed by atoms with E-state index in [0.717, 1.165) is 0 Å². The minimum Gasteiger partial charge on any atom is -0.359 e. The van der Waals surface area contributed by atoms with Gasteiger partial charge in [-0.25, -0.2) is 4.98 Å². The number of aromatic nitrogens is 1. The number of thiazole rings is 1. The Morgan fingerprint density at radius 3 is 3.00 bits per heavy atom. The molecule has 0 N–H and O–H groups in total. The lowest BCUT2D eigenvalue weighted by Crippen LogP contribution is -1.95. The van der Waals surface area contributed by atoms with E-state index in [1.165, 1.54) is 24.6 Å². The molecule has 3 nitrogen and oxygen atoms in total. The number of methoxy groups -OCH3 is 1. The number of rotatable bonds is 2. The molecular formula is C6H5ClN2OS. The van der Waals surface area contributed by atoms with Gasteiger partial charge in [-0.2, -0.15) is 5.26 Å². The molecule has 58 valence electrons. The Bertz CT molecular complexity index is 280. The normalized spacial score (nSPS) is 12.5. The van der Waals surface area contributed by atoms with Crippen LogP contribution in [0.15, 0.2) is 6.20 Å². The smallest absolute Gasteiger partial charge is 0.194 e. The minimum absolute atomic E-state index is 0.567. The summed E-state index contributed by atoms with van der Waals surface area (Å²) in [7, 11) is 1.46. The molecule has 0 saturated carbocycles. The molecule has 0 aliphatic rings. The van der Waals surface area contributed by atoms with Crippen molar-refractivity contribution in [3.63, 3.8) is 0 Å². The summed E-state index contributed by atoms with van der Waals surface area (Å²) in [5.74, 6) is 0. The summed E-state index contributed by atoms with van der Waals surface area (Å²) in [6.45, 7) is 0. The fourth-order valence-corrected chi connectivity index (χ4v) is 1.55. The first kappa shape index (κ1) is 8.47. The predicted molar refractivity (Wildman–Crippen MR) is 42.5 cm³/mol. The van der Waals surface area contributed by atoms with Gasteiger partial charge in [0.25, 0.3) is 0 Å². The second-order valence-electron chi connectivity index (χ2n) is 1.75. The zero-order chi connectivity index (χ0) is 8.27. The summed E-state index contributed by atoms with van der Waals surface area (Å²) < 4.78 is 5.39. The molecule has 1 heterocycles. The molecule has 0 aliphatic carbocycles. The van der Waals surface area contributed by atoms with Crippen molar-refractivity contribution in [1.82, 2.24) is 4.98 Å². The Labute approximate surface area is 73.2 Å². The van der Waals surface area contributed by atoms with E-state index >= 15 is 0 Å². The molecule has 0 aliphatic heterocycles. The van der Waals surface area contributed by atoms with Crippen molar-refractivity contribution in [1.29, 1.82) is 5.26 Å². The Morgan fingerprint density at radius 2 is 2.64 bits per heavy atom. The van der Waals surface area contributed by atoms with Gasteiger partial charge < -0.3 is 4.74 Å². The second-order valence-corrected chi connectivity index (χ2v) is 3.44. The third-order valence-corrected chi connectivity index (χ3v) is 2.23. The summed E-state index contributed by atoms with van der Waals surface area (Å²) in [5, 5.41) is 9.13. The highest BCUT2D eigenvalue weighted by molar-refractivity contribution is 7.15. The maximum Gasteiger partial charge on any atom is 0.194 e. The lowest BCUT2D eigenvalue weighted by Gasteiger charge is -1.99. The topological polar surface area (TPSA) is 45.9 Å². The predicted octanol–water partition coefficient (Wildman–Crippen LogP) is 2.01. The number of nitrogens with zero attached hydrogens (tertiary/aromatic N) is 2. The SMILES string of the molecule is COC(C#N)c1ncc(Cl)s1. The summed E-state index contributed by atoms with van der Waals surface area (Å²) >= 11 is 6.86. The lowest BCUT2D eigenvalue weighted by molar-refractivity contribution is 0.148. The van der Waals surface area contributed by atoms with Gasteiger partial charge in [-0.15, -0.1) is 11.3 Å². The standard InChI is InChI=1S/C6H5ClN2OS/c1-10-4(2-8)6-9-3-5(7)11-6/h3-4H,1H3. The molecule has 0 fully saturated rings. The van der Waals surface area contributed by atoms with Gasteiger partial charge >= 0.3 is 0 Å². The average molecular weight is 189 g/mol. The number of hydrogen-bond acceptors (Lipinski definition) is 4. The Kier molecular flexibility index (Phi) is 2.83. The maximum absolute atomic E-state index is 8.54. The quantitative estimate of drug-likeness (QED) is 0.713. The largest absolute Gasteiger partial charge is 0.359 e. The monoisotopic (exact) mass is 188 g/mol. The third kappa shape index (κ3) is 1.90. The highest BCUT2D eigenvalue weighted by Gasteiger charge is 2.12. The van der Waals surface area contributed by atoms with Crippen LogP contribution < -0.4 is 0 Å². The fourth-order valence-electron chi connectivity index (χ4n) is 0.597. The molecule has 0 aromatic carbocycles. The van der Waals surface area contributed by atoms with E-state index in [2.05, 4.69) is 4.98 Å². The molecule has 0 amide bonds. The van der Waals surface area contributed by atoms with Crippen LogP contribution in [0, 0.1) is 11.3 Å². The number of nitriles is 1. The molecule has 0 spiro atoms. The number of halogens is 1. The van der Waals surface area contributed by atoms with Gasteiger partial charge in [-0.05, 0) is 0 Å². The van der Waals surface area contributed by atoms with E-state index < -0.39 is 6.10 Å². The van der Waals surface area contributed by atoms with Gasteiger partial charge in [0.05, 0.1) is 6.20 Å². The molecule has 1 aromatic heterocycles. The zero-order valence-corrected chi connectivity index (χ0v) is 7.32. The van der Waals surface area contributed by atoms with Gasteiger partial charge in [0.15, 0.2) is 6.10 Å². The second kappa shape index (κ2) is 3.67. The summed E-state index contributed by atoms with van der Waals surface area (Å²) in [6, 6.07) is 1.95. The van der Waals surface area contributed by atoms with E-state index in [4.69, 9.17) is 21.6 Å². The molecular weight excluding hydrogens is 184 g/mol. The molecule has 0 bridgehead atoms.